The number of carbonyl (C=O) groups is 3. The minimum atomic E-state index is -3.34. The fourth-order valence-corrected chi connectivity index (χ4v) is 3.16. The monoisotopic (exact) mass is 415 g/mol. The average molecular weight is 416 g/mol. The van der Waals surface area contributed by atoms with Crippen LogP contribution in [0.5, 0.6) is 0 Å². The first-order valence-corrected chi connectivity index (χ1v) is 10.9. The molecule has 0 aliphatic heterocycles. The average Bonchev–Trinajstić information content (AvgIpc) is 3.39. The summed E-state index contributed by atoms with van der Waals surface area (Å²) in [4.78, 5) is 36.5. The van der Waals surface area contributed by atoms with Gasteiger partial charge in [-0.1, -0.05) is 23.7 Å². The van der Waals surface area contributed by atoms with Crippen molar-refractivity contribution in [2.75, 3.05) is 18.6 Å². The fraction of sp³-hybridized carbons (Fsp3) is 0.471. The standard InChI is InChI=1S/C17H22ClN3O5S/c1-27(25,26)9-8-14(17(24)19-10-15(22)20-11-6-7-11)21-16(23)12-4-2-3-5-13(12)18/h2-5,11,14H,6-10H2,1H3,(H,19,24)(H,20,22)(H,21,23)/t14-/m0/s1. The molecule has 0 unspecified atom stereocenters. The zero-order chi connectivity index (χ0) is 20.0. The molecule has 0 radical (unpaired) electrons. The van der Waals surface area contributed by atoms with Gasteiger partial charge < -0.3 is 16.0 Å². The van der Waals surface area contributed by atoms with Crippen molar-refractivity contribution >= 4 is 39.2 Å². The van der Waals surface area contributed by atoms with Crippen LogP contribution in [0.3, 0.4) is 0 Å². The van der Waals surface area contributed by atoms with Crippen LogP contribution in [0.2, 0.25) is 5.02 Å². The summed E-state index contributed by atoms with van der Waals surface area (Å²) in [5, 5.41) is 7.86. The molecule has 0 saturated heterocycles. The van der Waals surface area contributed by atoms with Gasteiger partial charge in [-0.3, -0.25) is 14.4 Å². The molecule has 2 rings (SSSR count). The fourth-order valence-electron chi connectivity index (χ4n) is 2.28. The quantitative estimate of drug-likeness (QED) is 0.534. The van der Waals surface area contributed by atoms with Crippen molar-refractivity contribution in [2.45, 2.75) is 31.3 Å². The molecule has 1 aliphatic rings. The molecule has 0 heterocycles. The van der Waals surface area contributed by atoms with Gasteiger partial charge in [0.15, 0.2) is 0 Å². The molecule has 1 aromatic rings. The zero-order valence-electron chi connectivity index (χ0n) is 14.8. The van der Waals surface area contributed by atoms with E-state index in [4.69, 9.17) is 11.6 Å². The molecule has 8 nitrogen and oxygen atoms in total. The topological polar surface area (TPSA) is 121 Å². The number of rotatable bonds is 9. The highest BCUT2D eigenvalue weighted by atomic mass is 35.5. The Bertz CT molecular complexity index is 824. The zero-order valence-corrected chi connectivity index (χ0v) is 16.4. The molecule has 1 aliphatic carbocycles. The second-order valence-electron chi connectivity index (χ2n) is 6.48. The summed E-state index contributed by atoms with van der Waals surface area (Å²) < 4.78 is 22.9. The normalized spacial score (nSPS) is 14.9. The molecule has 0 aromatic heterocycles. The highest BCUT2D eigenvalue weighted by molar-refractivity contribution is 7.90. The van der Waals surface area contributed by atoms with Crippen molar-refractivity contribution < 1.29 is 22.8 Å². The van der Waals surface area contributed by atoms with E-state index in [0.29, 0.717) is 0 Å². The lowest BCUT2D eigenvalue weighted by atomic mass is 10.1. The van der Waals surface area contributed by atoms with E-state index < -0.39 is 27.7 Å². The minimum Gasteiger partial charge on any atom is -0.352 e. The van der Waals surface area contributed by atoms with Crippen LogP contribution >= 0.6 is 11.6 Å². The first-order valence-electron chi connectivity index (χ1n) is 8.46. The Hall–Kier alpha value is -2.13. The van der Waals surface area contributed by atoms with E-state index >= 15 is 0 Å². The maximum atomic E-state index is 12.4. The second kappa shape index (κ2) is 9.18. The Balaban J connectivity index is 2.00. The molecule has 3 N–H and O–H groups in total. The number of hydrogen-bond acceptors (Lipinski definition) is 5. The van der Waals surface area contributed by atoms with Crippen molar-refractivity contribution in [3.63, 3.8) is 0 Å². The van der Waals surface area contributed by atoms with Gasteiger partial charge in [0, 0.05) is 12.3 Å². The third-order valence-electron chi connectivity index (χ3n) is 3.88. The van der Waals surface area contributed by atoms with Crippen LogP contribution in [0.1, 0.15) is 29.6 Å². The van der Waals surface area contributed by atoms with E-state index in [1.165, 1.54) is 12.1 Å². The van der Waals surface area contributed by atoms with E-state index in [2.05, 4.69) is 16.0 Å². The van der Waals surface area contributed by atoms with Gasteiger partial charge in [0.05, 0.1) is 22.9 Å². The number of nitrogens with one attached hydrogen (secondary N) is 3. The van der Waals surface area contributed by atoms with Crippen LogP contribution < -0.4 is 16.0 Å². The third kappa shape index (κ3) is 7.56. The van der Waals surface area contributed by atoms with Gasteiger partial charge in [-0.15, -0.1) is 0 Å². The number of carbonyl (C=O) groups excluding carboxylic acids is 3. The molecule has 1 atom stereocenters. The molecule has 27 heavy (non-hydrogen) atoms. The summed E-state index contributed by atoms with van der Waals surface area (Å²) in [5.74, 6) is -1.85. The SMILES string of the molecule is CS(=O)(=O)CC[C@H](NC(=O)c1ccccc1Cl)C(=O)NCC(=O)NC1CC1. The summed E-state index contributed by atoms with van der Waals surface area (Å²) in [6, 6.07) is 5.35. The Morgan fingerprint density at radius 1 is 1.22 bits per heavy atom. The maximum absolute atomic E-state index is 12.4. The van der Waals surface area contributed by atoms with Crippen LogP contribution in [-0.2, 0) is 19.4 Å². The Kier molecular flexibility index (Phi) is 7.20. The number of benzene rings is 1. The molecular weight excluding hydrogens is 394 g/mol. The smallest absolute Gasteiger partial charge is 0.253 e. The van der Waals surface area contributed by atoms with Gasteiger partial charge >= 0.3 is 0 Å². The molecule has 148 valence electrons. The lowest BCUT2D eigenvalue weighted by Crippen LogP contribution is -2.49. The van der Waals surface area contributed by atoms with E-state index in [1.807, 2.05) is 0 Å². The Morgan fingerprint density at radius 3 is 2.48 bits per heavy atom. The molecule has 1 aromatic carbocycles. The van der Waals surface area contributed by atoms with Gasteiger partial charge in [-0.2, -0.15) is 0 Å². The molecule has 3 amide bonds. The van der Waals surface area contributed by atoms with Crippen LogP contribution in [-0.4, -0.2) is 56.8 Å². The molecule has 0 spiro atoms. The van der Waals surface area contributed by atoms with Gasteiger partial charge in [-0.25, -0.2) is 8.42 Å². The van der Waals surface area contributed by atoms with E-state index in [1.54, 1.807) is 12.1 Å². The summed E-state index contributed by atoms with van der Waals surface area (Å²) in [6.07, 6.45) is 2.77. The molecule has 0 bridgehead atoms. The van der Waals surface area contributed by atoms with E-state index in [9.17, 15) is 22.8 Å². The summed E-state index contributed by atoms with van der Waals surface area (Å²) in [7, 11) is -3.34. The van der Waals surface area contributed by atoms with Gasteiger partial charge in [0.2, 0.25) is 11.8 Å². The first kappa shape index (κ1) is 21.2. The van der Waals surface area contributed by atoms with Crippen LogP contribution in [0, 0.1) is 0 Å². The third-order valence-corrected chi connectivity index (χ3v) is 5.19. The largest absolute Gasteiger partial charge is 0.352 e. The molecule has 1 saturated carbocycles. The minimum absolute atomic E-state index is 0.120. The number of amides is 3. The number of halogens is 1. The van der Waals surface area contributed by atoms with Crippen molar-refractivity contribution in [3.05, 3.63) is 34.9 Å². The lowest BCUT2D eigenvalue weighted by Gasteiger charge is -2.18. The van der Waals surface area contributed by atoms with Crippen molar-refractivity contribution in [1.82, 2.24) is 16.0 Å². The molecular formula is C17H22ClN3O5S. The molecule has 10 heteroatoms. The highest BCUT2D eigenvalue weighted by Gasteiger charge is 2.26. The van der Waals surface area contributed by atoms with Gasteiger partial charge in [-0.05, 0) is 31.4 Å². The van der Waals surface area contributed by atoms with Gasteiger partial charge in [0.1, 0.15) is 15.9 Å². The van der Waals surface area contributed by atoms with Gasteiger partial charge in [0.25, 0.3) is 5.91 Å². The van der Waals surface area contributed by atoms with Crippen LogP contribution in [0.15, 0.2) is 24.3 Å². The second-order valence-corrected chi connectivity index (χ2v) is 9.15. The number of hydrogen-bond donors (Lipinski definition) is 3. The van der Waals surface area contributed by atoms with Crippen molar-refractivity contribution in [3.8, 4) is 0 Å². The van der Waals surface area contributed by atoms with E-state index in [-0.39, 0.29) is 41.3 Å². The lowest BCUT2D eigenvalue weighted by molar-refractivity contribution is -0.127. The van der Waals surface area contributed by atoms with Crippen LogP contribution in [0.4, 0.5) is 0 Å². The van der Waals surface area contributed by atoms with Crippen molar-refractivity contribution in [2.24, 2.45) is 0 Å². The van der Waals surface area contributed by atoms with Crippen molar-refractivity contribution in [1.29, 1.82) is 0 Å². The maximum Gasteiger partial charge on any atom is 0.253 e. The Labute approximate surface area is 163 Å². The predicted octanol–water partition coefficient (Wildman–Crippen LogP) is 0.268. The number of sulfone groups is 1. The molecule has 1 fully saturated rings. The van der Waals surface area contributed by atoms with E-state index in [0.717, 1.165) is 19.1 Å². The first-order chi connectivity index (χ1) is 12.7. The highest BCUT2D eigenvalue weighted by Crippen LogP contribution is 2.18. The summed E-state index contributed by atoms with van der Waals surface area (Å²) >= 11 is 5.98. The predicted molar refractivity (Wildman–Crippen MR) is 101 cm³/mol. The van der Waals surface area contributed by atoms with Crippen LogP contribution in [0.25, 0.3) is 0 Å². The summed E-state index contributed by atoms with van der Waals surface area (Å²) in [6.45, 7) is -0.243. The summed E-state index contributed by atoms with van der Waals surface area (Å²) in [5.41, 5.74) is 0.169. The Morgan fingerprint density at radius 2 is 1.89 bits per heavy atom.